The van der Waals surface area contributed by atoms with Crippen LogP contribution >= 0.6 is 0 Å². The lowest BCUT2D eigenvalue weighted by molar-refractivity contribution is 0.357. The number of aromatic nitrogens is 1. The quantitative estimate of drug-likeness (QED) is 0.789. The fourth-order valence-corrected chi connectivity index (χ4v) is 1.45. The Morgan fingerprint density at radius 1 is 1.33 bits per heavy atom. The normalized spacial score (nSPS) is 12.6. The molecule has 0 aliphatic heterocycles. The predicted molar refractivity (Wildman–Crippen MR) is 56.4 cm³/mol. The van der Waals surface area contributed by atoms with Gasteiger partial charge in [0.25, 0.3) is 5.56 Å². The summed E-state index contributed by atoms with van der Waals surface area (Å²) < 4.78 is 4.94. The van der Waals surface area contributed by atoms with Crippen molar-refractivity contribution >= 4 is 0 Å². The van der Waals surface area contributed by atoms with Gasteiger partial charge in [-0.25, -0.2) is 0 Å². The van der Waals surface area contributed by atoms with E-state index in [4.69, 9.17) is 10.3 Å². The first-order valence-corrected chi connectivity index (χ1v) is 4.73. The van der Waals surface area contributed by atoms with Crippen LogP contribution in [-0.4, -0.2) is 5.16 Å². The Hall–Kier alpha value is -1.81. The Bertz CT molecular complexity index is 473. The van der Waals surface area contributed by atoms with Crippen LogP contribution in [0.5, 0.6) is 0 Å². The molecule has 4 nitrogen and oxygen atoms in total. The van der Waals surface area contributed by atoms with Crippen LogP contribution in [0.1, 0.15) is 17.4 Å². The molecule has 0 aliphatic carbocycles. The van der Waals surface area contributed by atoms with Crippen LogP contribution in [-0.2, 0) is 6.42 Å². The van der Waals surface area contributed by atoms with Crippen molar-refractivity contribution in [3.63, 3.8) is 0 Å². The van der Waals surface area contributed by atoms with Crippen molar-refractivity contribution in [1.82, 2.24) is 5.16 Å². The van der Waals surface area contributed by atoms with Crippen molar-refractivity contribution in [2.24, 2.45) is 5.73 Å². The Kier molecular flexibility index (Phi) is 2.69. The first-order valence-electron chi connectivity index (χ1n) is 4.73. The number of hydrogen-bond donors (Lipinski definition) is 2. The first-order chi connectivity index (χ1) is 7.25. The molecule has 1 heterocycles. The van der Waals surface area contributed by atoms with Gasteiger partial charge >= 0.3 is 0 Å². The lowest BCUT2D eigenvalue weighted by Crippen LogP contribution is -2.12. The average molecular weight is 204 g/mol. The summed E-state index contributed by atoms with van der Waals surface area (Å²) in [6.07, 6.45) is 0.654. The monoisotopic (exact) mass is 204 g/mol. The number of nitrogens with two attached hydrogens (primary N) is 1. The van der Waals surface area contributed by atoms with Gasteiger partial charge in [-0.05, 0) is 12.0 Å². The third-order valence-corrected chi connectivity index (χ3v) is 2.21. The number of nitrogens with one attached hydrogen (secondary N) is 1. The van der Waals surface area contributed by atoms with Gasteiger partial charge in [-0.1, -0.05) is 30.3 Å². The second kappa shape index (κ2) is 4.14. The van der Waals surface area contributed by atoms with Gasteiger partial charge in [-0.3, -0.25) is 4.79 Å². The predicted octanol–water partition coefficient (Wildman–Crippen LogP) is 1.21. The van der Waals surface area contributed by atoms with Gasteiger partial charge < -0.3 is 10.3 Å². The highest BCUT2D eigenvalue weighted by molar-refractivity contribution is 5.17. The second-order valence-electron chi connectivity index (χ2n) is 3.41. The molecule has 0 spiro atoms. The van der Waals surface area contributed by atoms with E-state index in [1.54, 1.807) is 0 Å². The maximum atomic E-state index is 10.8. The van der Waals surface area contributed by atoms with Crippen LogP contribution < -0.4 is 11.3 Å². The highest BCUT2D eigenvalue weighted by Crippen LogP contribution is 2.13. The third kappa shape index (κ3) is 2.35. The molecule has 2 rings (SSSR count). The summed E-state index contributed by atoms with van der Waals surface area (Å²) >= 11 is 0. The Morgan fingerprint density at radius 2 is 2.07 bits per heavy atom. The smallest absolute Gasteiger partial charge is 0.280 e. The minimum absolute atomic E-state index is 0.256. The van der Waals surface area contributed by atoms with E-state index in [9.17, 15) is 4.79 Å². The van der Waals surface area contributed by atoms with Crippen LogP contribution in [0.25, 0.3) is 0 Å². The molecule has 1 atom stereocenters. The molecular weight excluding hydrogens is 192 g/mol. The van der Waals surface area contributed by atoms with Crippen LogP contribution in [0, 0.1) is 0 Å². The van der Waals surface area contributed by atoms with Crippen LogP contribution in [0.15, 0.2) is 45.7 Å². The van der Waals surface area contributed by atoms with E-state index < -0.39 is 0 Å². The average Bonchev–Trinajstić information content (AvgIpc) is 2.66. The Labute approximate surface area is 86.7 Å². The summed E-state index contributed by atoms with van der Waals surface area (Å²) in [5.41, 5.74) is 6.75. The number of aromatic amines is 1. The van der Waals surface area contributed by atoms with Crippen molar-refractivity contribution in [3.05, 3.63) is 58.1 Å². The van der Waals surface area contributed by atoms with E-state index in [-0.39, 0.29) is 11.6 Å². The van der Waals surface area contributed by atoms with Gasteiger partial charge in [-0.2, -0.15) is 5.16 Å². The minimum atomic E-state index is -0.286. The maximum Gasteiger partial charge on any atom is 0.280 e. The van der Waals surface area contributed by atoms with Gasteiger partial charge in [0.15, 0.2) is 5.76 Å². The Balaban J connectivity index is 2.10. The van der Waals surface area contributed by atoms with Crippen LogP contribution in [0.4, 0.5) is 0 Å². The summed E-state index contributed by atoms with van der Waals surface area (Å²) in [5.74, 6) is 0.490. The first kappa shape index (κ1) is 9.73. The van der Waals surface area contributed by atoms with Gasteiger partial charge in [0.1, 0.15) is 0 Å². The Morgan fingerprint density at radius 3 is 2.67 bits per heavy atom. The zero-order valence-electron chi connectivity index (χ0n) is 8.14. The molecule has 1 aromatic heterocycles. The zero-order chi connectivity index (χ0) is 10.7. The maximum absolute atomic E-state index is 10.8. The summed E-state index contributed by atoms with van der Waals surface area (Å²) in [6.45, 7) is 0. The number of benzene rings is 1. The summed E-state index contributed by atoms with van der Waals surface area (Å²) in [4.78, 5) is 10.8. The molecule has 78 valence electrons. The van der Waals surface area contributed by atoms with Crippen molar-refractivity contribution < 1.29 is 4.52 Å². The van der Waals surface area contributed by atoms with E-state index in [0.717, 1.165) is 5.56 Å². The van der Waals surface area contributed by atoms with Crippen LogP contribution in [0.3, 0.4) is 0 Å². The van der Waals surface area contributed by atoms with E-state index >= 15 is 0 Å². The molecule has 2 aromatic rings. The minimum Gasteiger partial charge on any atom is -0.382 e. The molecular formula is C11H12N2O2. The van der Waals surface area contributed by atoms with Crippen molar-refractivity contribution in [3.8, 4) is 0 Å². The van der Waals surface area contributed by atoms with E-state index in [1.165, 1.54) is 6.07 Å². The molecule has 4 heteroatoms. The molecule has 0 aliphatic rings. The van der Waals surface area contributed by atoms with E-state index in [1.807, 2.05) is 30.3 Å². The zero-order valence-corrected chi connectivity index (χ0v) is 8.14. The molecule has 1 aromatic carbocycles. The van der Waals surface area contributed by atoms with E-state index in [2.05, 4.69) is 5.16 Å². The summed E-state index contributed by atoms with van der Waals surface area (Å²) in [6, 6.07) is 10.9. The molecule has 0 unspecified atom stereocenters. The summed E-state index contributed by atoms with van der Waals surface area (Å²) in [5, 5.41) is 2.22. The van der Waals surface area contributed by atoms with Gasteiger partial charge in [0, 0.05) is 6.07 Å². The van der Waals surface area contributed by atoms with E-state index in [0.29, 0.717) is 12.2 Å². The summed E-state index contributed by atoms with van der Waals surface area (Å²) in [7, 11) is 0. The standard InChI is InChI=1S/C11H12N2O2/c12-9(10-7-11(14)13-15-10)6-8-4-2-1-3-5-8/h1-5,7,9H,6,12H2,(H,13,14)/t9-/m0/s1. The lowest BCUT2D eigenvalue weighted by atomic mass is 10.1. The fraction of sp³-hybridized carbons (Fsp3) is 0.182. The largest absolute Gasteiger partial charge is 0.382 e. The molecule has 0 saturated carbocycles. The molecule has 3 N–H and O–H groups in total. The van der Waals surface area contributed by atoms with Crippen molar-refractivity contribution in [1.29, 1.82) is 0 Å². The molecule has 15 heavy (non-hydrogen) atoms. The van der Waals surface area contributed by atoms with Gasteiger partial charge in [-0.15, -0.1) is 0 Å². The number of rotatable bonds is 3. The molecule has 0 amide bonds. The molecule has 0 fully saturated rings. The van der Waals surface area contributed by atoms with Gasteiger partial charge in [0.05, 0.1) is 6.04 Å². The second-order valence-corrected chi connectivity index (χ2v) is 3.41. The van der Waals surface area contributed by atoms with Crippen LogP contribution in [0.2, 0.25) is 0 Å². The lowest BCUT2D eigenvalue weighted by Gasteiger charge is -2.06. The molecule has 0 radical (unpaired) electrons. The third-order valence-electron chi connectivity index (χ3n) is 2.21. The fourth-order valence-electron chi connectivity index (χ4n) is 1.45. The number of H-pyrrole nitrogens is 1. The number of hydrogen-bond acceptors (Lipinski definition) is 3. The van der Waals surface area contributed by atoms with Crippen molar-refractivity contribution in [2.75, 3.05) is 0 Å². The van der Waals surface area contributed by atoms with Gasteiger partial charge in [0.2, 0.25) is 0 Å². The molecule has 0 bridgehead atoms. The SMILES string of the molecule is N[C@@H](Cc1ccccc1)c1cc(=O)[nH]o1. The molecule has 0 saturated heterocycles. The highest BCUT2D eigenvalue weighted by atomic mass is 16.5. The van der Waals surface area contributed by atoms with Crippen molar-refractivity contribution in [2.45, 2.75) is 12.5 Å². The topological polar surface area (TPSA) is 72.0 Å². The highest BCUT2D eigenvalue weighted by Gasteiger charge is 2.11.